The summed E-state index contributed by atoms with van der Waals surface area (Å²) < 4.78 is 5.12. The first-order valence-corrected chi connectivity index (χ1v) is 7.12. The average molecular weight is 291 g/mol. The summed E-state index contributed by atoms with van der Waals surface area (Å²) in [5, 5.41) is 3.20. The molecule has 3 N–H and O–H groups in total. The van der Waals surface area contributed by atoms with Crippen LogP contribution in [0.3, 0.4) is 0 Å². The second-order valence-electron chi connectivity index (χ2n) is 5.01. The first-order chi connectivity index (χ1) is 10.1. The SMILES string of the molecule is CCOC(=O)C1CNCCN1Cc1cccc(C(N)=O)c1. The van der Waals surface area contributed by atoms with Crippen LogP contribution in [0, 0.1) is 0 Å². The zero-order chi connectivity index (χ0) is 15.2. The molecule has 1 aromatic rings. The standard InChI is InChI=1S/C15H21N3O3/c1-2-21-15(20)13-9-17-6-7-18(13)10-11-4-3-5-12(8-11)14(16)19/h3-5,8,13,17H,2,6-7,9-10H2,1H3,(H2,16,19). The van der Waals surface area contributed by atoms with Crippen molar-refractivity contribution in [1.29, 1.82) is 0 Å². The Bertz CT molecular complexity index is 519. The summed E-state index contributed by atoms with van der Waals surface area (Å²) in [6.07, 6.45) is 0. The summed E-state index contributed by atoms with van der Waals surface area (Å²) in [7, 11) is 0. The van der Waals surface area contributed by atoms with Crippen LogP contribution >= 0.6 is 0 Å². The molecule has 6 heteroatoms. The Kier molecular flexibility index (Phi) is 5.30. The van der Waals surface area contributed by atoms with Crippen molar-refractivity contribution in [2.75, 3.05) is 26.2 Å². The Morgan fingerprint density at radius 2 is 2.29 bits per heavy atom. The molecule has 0 aliphatic carbocycles. The molecule has 1 aliphatic rings. The summed E-state index contributed by atoms with van der Waals surface area (Å²) in [5.41, 5.74) is 6.74. The van der Waals surface area contributed by atoms with Gasteiger partial charge in [-0.2, -0.15) is 0 Å². The smallest absolute Gasteiger partial charge is 0.324 e. The van der Waals surface area contributed by atoms with E-state index in [-0.39, 0.29) is 12.0 Å². The molecule has 2 rings (SSSR count). The number of primary amides is 1. The lowest BCUT2D eigenvalue weighted by Crippen LogP contribution is -2.54. The van der Waals surface area contributed by atoms with Crippen molar-refractivity contribution in [2.45, 2.75) is 19.5 Å². The van der Waals surface area contributed by atoms with Crippen molar-refractivity contribution in [3.63, 3.8) is 0 Å². The van der Waals surface area contributed by atoms with E-state index in [1.165, 1.54) is 0 Å². The molecule has 0 bridgehead atoms. The Labute approximate surface area is 124 Å². The van der Waals surface area contributed by atoms with Gasteiger partial charge in [0.2, 0.25) is 5.91 Å². The molecule has 0 saturated carbocycles. The molecule has 1 aromatic carbocycles. The Hall–Kier alpha value is -1.92. The number of carbonyl (C=O) groups is 2. The number of ether oxygens (including phenoxy) is 1. The zero-order valence-electron chi connectivity index (χ0n) is 12.2. The number of rotatable bonds is 5. The molecule has 1 fully saturated rings. The first-order valence-electron chi connectivity index (χ1n) is 7.12. The van der Waals surface area contributed by atoms with Crippen molar-refractivity contribution in [3.8, 4) is 0 Å². The number of esters is 1. The van der Waals surface area contributed by atoms with E-state index in [1.54, 1.807) is 25.1 Å². The minimum absolute atomic E-state index is 0.212. The minimum atomic E-state index is -0.445. The van der Waals surface area contributed by atoms with Gasteiger partial charge in [-0.1, -0.05) is 12.1 Å². The van der Waals surface area contributed by atoms with Crippen LogP contribution < -0.4 is 11.1 Å². The Morgan fingerprint density at radius 1 is 1.48 bits per heavy atom. The summed E-state index contributed by atoms with van der Waals surface area (Å²) in [5.74, 6) is -0.658. The van der Waals surface area contributed by atoms with Crippen LogP contribution in [0.25, 0.3) is 0 Å². The third kappa shape index (κ3) is 4.03. The molecule has 0 radical (unpaired) electrons. The maximum Gasteiger partial charge on any atom is 0.324 e. The molecular formula is C15H21N3O3. The summed E-state index contributed by atoms with van der Waals surface area (Å²) >= 11 is 0. The fraction of sp³-hybridized carbons (Fsp3) is 0.467. The van der Waals surface area contributed by atoms with Crippen LogP contribution in [0.4, 0.5) is 0 Å². The van der Waals surface area contributed by atoms with Gasteiger partial charge in [-0.05, 0) is 24.6 Å². The topological polar surface area (TPSA) is 84.7 Å². The number of carbonyl (C=O) groups excluding carboxylic acids is 2. The fourth-order valence-electron chi connectivity index (χ4n) is 2.46. The van der Waals surface area contributed by atoms with Crippen LogP contribution in [0.5, 0.6) is 0 Å². The van der Waals surface area contributed by atoms with Crippen molar-refractivity contribution in [2.24, 2.45) is 5.73 Å². The number of nitrogens with zero attached hydrogens (tertiary/aromatic N) is 1. The summed E-state index contributed by atoms with van der Waals surface area (Å²) in [4.78, 5) is 25.3. The van der Waals surface area contributed by atoms with Crippen molar-refractivity contribution in [1.82, 2.24) is 10.2 Å². The molecule has 21 heavy (non-hydrogen) atoms. The fourth-order valence-corrected chi connectivity index (χ4v) is 2.46. The van der Waals surface area contributed by atoms with Gasteiger partial charge in [0.1, 0.15) is 6.04 Å². The summed E-state index contributed by atoms with van der Waals surface area (Å²) in [6, 6.07) is 6.89. The van der Waals surface area contributed by atoms with Gasteiger partial charge in [0.15, 0.2) is 0 Å². The van der Waals surface area contributed by atoms with Gasteiger partial charge in [0.25, 0.3) is 0 Å². The quantitative estimate of drug-likeness (QED) is 0.753. The van der Waals surface area contributed by atoms with Gasteiger partial charge in [-0.15, -0.1) is 0 Å². The number of nitrogens with two attached hydrogens (primary N) is 1. The molecule has 6 nitrogen and oxygen atoms in total. The summed E-state index contributed by atoms with van der Waals surface area (Å²) in [6.45, 7) is 4.92. The van der Waals surface area contributed by atoms with Crippen LogP contribution in [-0.4, -0.2) is 49.1 Å². The third-order valence-corrected chi connectivity index (χ3v) is 3.51. The van der Waals surface area contributed by atoms with Gasteiger partial charge < -0.3 is 15.8 Å². The average Bonchev–Trinajstić information content (AvgIpc) is 2.48. The van der Waals surface area contributed by atoms with Gasteiger partial charge in [0.05, 0.1) is 6.61 Å². The van der Waals surface area contributed by atoms with Crippen LogP contribution in [0.2, 0.25) is 0 Å². The van der Waals surface area contributed by atoms with Gasteiger partial charge >= 0.3 is 5.97 Å². The van der Waals surface area contributed by atoms with Gasteiger partial charge in [-0.25, -0.2) is 0 Å². The van der Waals surface area contributed by atoms with Crippen molar-refractivity contribution < 1.29 is 14.3 Å². The first kappa shape index (κ1) is 15.5. The van der Waals surface area contributed by atoms with Crippen LogP contribution in [-0.2, 0) is 16.1 Å². The van der Waals surface area contributed by atoms with Crippen molar-refractivity contribution in [3.05, 3.63) is 35.4 Å². The van der Waals surface area contributed by atoms with E-state index in [9.17, 15) is 9.59 Å². The van der Waals surface area contributed by atoms with Crippen molar-refractivity contribution >= 4 is 11.9 Å². The molecule has 1 heterocycles. The molecule has 114 valence electrons. The maximum atomic E-state index is 12.0. The largest absolute Gasteiger partial charge is 0.465 e. The highest BCUT2D eigenvalue weighted by Gasteiger charge is 2.29. The van der Waals surface area contributed by atoms with E-state index in [4.69, 9.17) is 10.5 Å². The Morgan fingerprint density at radius 3 is 3.00 bits per heavy atom. The number of hydrogen-bond donors (Lipinski definition) is 2. The zero-order valence-corrected chi connectivity index (χ0v) is 12.2. The molecule has 1 unspecified atom stereocenters. The predicted octanol–water partition coefficient (Wildman–Crippen LogP) is 0.122. The predicted molar refractivity (Wildman–Crippen MR) is 78.7 cm³/mol. The number of amides is 1. The highest BCUT2D eigenvalue weighted by molar-refractivity contribution is 5.92. The third-order valence-electron chi connectivity index (χ3n) is 3.51. The van der Waals surface area contributed by atoms with E-state index >= 15 is 0 Å². The number of nitrogens with one attached hydrogen (secondary N) is 1. The maximum absolute atomic E-state index is 12.0. The number of piperazine rings is 1. The van der Waals surface area contributed by atoms with Crippen LogP contribution in [0.15, 0.2) is 24.3 Å². The second-order valence-corrected chi connectivity index (χ2v) is 5.01. The highest BCUT2D eigenvalue weighted by Crippen LogP contribution is 2.13. The van der Waals surface area contributed by atoms with E-state index < -0.39 is 5.91 Å². The van der Waals surface area contributed by atoms with Gasteiger partial charge in [-0.3, -0.25) is 14.5 Å². The van der Waals surface area contributed by atoms with Crippen LogP contribution in [0.1, 0.15) is 22.8 Å². The number of benzene rings is 1. The van der Waals surface area contributed by atoms with Gasteiger partial charge in [0, 0.05) is 31.7 Å². The molecule has 0 aromatic heterocycles. The minimum Gasteiger partial charge on any atom is -0.465 e. The number of hydrogen-bond acceptors (Lipinski definition) is 5. The van der Waals surface area contributed by atoms with E-state index in [2.05, 4.69) is 10.2 Å². The Balaban J connectivity index is 2.10. The lowest BCUT2D eigenvalue weighted by atomic mass is 10.1. The van der Waals surface area contributed by atoms with E-state index in [0.717, 1.165) is 18.7 Å². The molecule has 1 amide bonds. The normalized spacial score (nSPS) is 19.2. The molecule has 1 atom stereocenters. The molecule has 0 spiro atoms. The van der Waals surface area contributed by atoms with E-state index in [0.29, 0.717) is 25.3 Å². The molecule has 1 aliphatic heterocycles. The lowest BCUT2D eigenvalue weighted by Gasteiger charge is -2.34. The molecular weight excluding hydrogens is 270 g/mol. The lowest BCUT2D eigenvalue weighted by molar-refractivity contribution is -0.150. The second kappa shape index (κ2) is 7.19. The molecule has 1 saturated heterocycles. The van der Waals surface area contributed by atoms with E-state index in [1.807, 2.05) is 6.07 Å². The monoisotopic (exact) mass is 291 g/mol. The highest BCUT2D eigenvalue weighted by atomic mass is 16.5.